The van der Waals surface area contributed by atoms with Crippen molar-refractivity contribution in [1.82, 2.24) is 4.67 Å². The van der Waals surface area contributed by atoms with E-state index in [1.807, 2.05) is 0 Å². The molecule has 2 unspecified atom stereocenters. The van der Waals surface area contributed by atoms with Crippen LogP contribution in [0.4, 0.5) is 17.1 Å². The summed E-state index contributed by atoms with van der Waals surface area (Å²) < 4.78 is 2.60. The first kappa shape index (κ1) is 30.4. The quantitative estimate of drug-likeness (QED) is 0.257. The molecule has 3 aliphatic heterocycles. The minimum atomic E-state index is -2.36. The van der Waals surface area contributed by atoms with Crippen molar-refractivity contribution in [2.45, 2.75) is 73.1 Å². The summed E-state index contributed by atoms with van der Waals surface area (Å²) in [6, 6.07) is 10.5. The fraction of sp³-hybridized carbons (Fsp3) is 0.455. The third-order valence-corrected chi connectivity index (χ3v) is 22.2. The average molecular weight is 657 g/mol. The van der Waals surface area contributed by atoms with Gasteiger partial charge in [0.25, 0.3) is 0 Å². The van der Waals surface area contributed by atoms with Crippen LogP contribution in [-0.4, -0.2) is 31.1 Å². The lowest BCUT2D eigenvalue weighted by Crippen LogP contribution is -2.52. The highest BCUT2D eigenvalue weighted by molar-refractivity contribution is 8.24. The van der Waals surface area contributed by atoms with Crippen molar-refractivity contribution in [3.8, 4) is 0 Å². The SMILES string of the molecule is CCN(CC)P1(=S)c2cc(C(C)C)cc3c2N2c4c(cc(C(C)C)cc4P(C)(=S)c4cc(C(C)C)cc1c42)P3(C)=S. The maximum atomic E-state index is 7.11. The summed E-state index contributed by atoms with van der Waals surface area (Å²) >= 11 is 20.7. The van der Waals surface area contributed by atoms with Crippen LogP contribution < -0.4 is 36.7 Å². The molecular formula is C33H43N2P3S3. The van der Waals surface area contributed by atoms with Gasteiger partial charge in [0.05, 0.1) is 23.3 Å². The summed E-state index contributed by atoms with van der Waals surface area (Å²) in [6.45, 7) is 25.0. The van der Waals surface area contributed by atoms with E-state index in [-0.39, 0.29) is 0 Å². The molecule has 41 heavy (non-hydrogen) atoms. The molecule has 0 aromatic heterocycles. The number of benzene rings is 3. The van der Waals surface area contributed by atoms with Gasteiger partial charge in [0.15, 0.2) is 0 Å². The Morgan fingerprint density at radius 3 is 1.10 bits per heavy atom. The molecule has 0 saturated carbocycles. The Hall–Kier alpha value is -0.630. The normalized spacial score (nSPS) is 25.5. The fourth-order valence-corrected chi connectivity index (χ4v) is 18.4. The molecule has 0 bridgehead atoms. The van der Waals surface area contributed by atoms with E-state index in [1.54, 1.807) is 0 Å². The molecule has 6 rings (SSSR count). The minimum Gasteiger partial charge on any atom is -0.306 e. The maximum Gasteiger partial charge on any atom is 0.0751 e. The summed E-state index contributed by atoms with van der Waals surface area (Å²) in [5.74, 6) is 1.20. The standard InChI is InChI=1S/C33H43N2P3S3/c1-11-34(12-2)38(41)29-17-23(20(5)6)15-27-32(29)35-31-25(36(27,9)39)13-22(19(3)4)14-26(31)37(10,40)28-16-24(21(7)8)18-30(38)33(28)35/h13-21H,11-12H2,1-10H3. The Balaban J connectivity index is 1.91. The zero-order valence-electron chi connectivity index (χ0n) is 26.1. The van der Waals surface area contributed by atoms with E-state index in [0.29, 0.717) is 17.8 Å². The van der Waals surface area contributed by atoms with Gasteiger partial charge in [-0.3, -0.25) is 4.67 Å². The van der Waals surface area contributed by atoms with Gasteiger partial charge in [-0.1, -0.05) is 90.8 Å². The van der Waals surface area contributed by atoms with E-state index in [1.165, 1.54) is 65.6 Å². The van der Waals surface area contributed by atoms with Crippen molar-refractivity contribution in [2.24, 2.45) is 0 Å². The van der Waals surface area contributed by atoms with E-state index in [9.17, 15) is 0 Å². The summed E-state index contributed by atoms with van der Waals surface area (Å²) in [5, 5.41) is 8.11. The molecule has 0 fully saturated rings. The van der Waals surface area contributed by atoms with Crippen LogP contribution in [0, 0.1) is 0 Å². The van der Waals surface area contributed by atoms with E-state index in [2.05, 4.69) is 115 Å². The Bertz CT molecular complexity index is 1670. The van der Waals surface area contributed by atoms with Gasteiger partial charge in [0, 0.05) is 57.0 Å². The topological polar surface area (TPSA) is 6.48 Å². The van der Waals surface area contributed by atoms with Gasteiger partial charge in [-0.2, -0.15) is 0 Å². The van der Waals surface area contributed by atoms with Crippen LogP contribution in [-0.2, 0) is 35.4 Å². The smallest absolute Gasteiger partial charge is 0.0751 e. The summed E-state index contributed by atoms with van der Waals surface area (Å²) in [6.07, 6.45) is -2.36. The molecule has 2 atom stereocenters. The lowest BCUT2D eigenvalue weighted by molar-refractivity contribution is 0.513. The van der Waals surface area contributed by atoms with E-state index in [0.717, 1.165) is 13.1 Å². The van der Waals surface area contributed by atoms with Crippen molar-refractivity contribution in [3.05, 3.63) is 53.1 Å². The van der Waals surface area contributed by atoms with Gasteiger partial charge < -0.3 is 4.90 Å². The largest absolute Gasteiger partial charge is 0.306 e. The number of rotatable bonds is 6. The van der Waals surface area contributed by atoms with E-state index < -0.39 is 18.3 Å². The zero-order chi connectivity index (χ0) is 30.0. The second-order valence-corrected chi connectivity index (χ2v) is 27.4. The van der Waals surface area contributed by atoms with Crippen LogP contribution >= 0.6 is 18.3 Å². The lowest BCUT2D eigenvalue weighted by atomic mass is 9.99. The molecule has 8 heteroatoms. The van der Waals surface area contributed by atoms with Gasteiger partial charge in [0.1, 0.15) is 0 Å². The van der Waals surface area contributed by atoms with Crippen molar-refractivity contribution in [2.75, 3.05) is 31.3 Å². The first-order valence-electron chi connectivity index (χ1n) is 15.0. The Morgan fingerprint density at radius 1 is 0.561 bits per heavy atom. The Kier molecular flexibility index (Phi) is 7.37. The van der Waals surface area contributed by atoms with Crippen LogP contribution in [0.2, 0.25) is 0 Å². The van der Waals surface area contributed by atoms with Crippen molar-refractivity contribution in [3.63, 3.8) is 0 Å². The monoisotopic (exact) mass is 656 g/mol. The molecule has 3 aromatic rings. The third kappa shape index (κ3) is 3.99. The molecule has 0 N–H and O–H groups in total. The number of nitrogens with zero attached hydrogens (tertiary/aromatic N) is 2. The molecule has 3 heterocycles. The first-order chi connectivity index (χ1) is 19.1. The number of hydrogen-bond donors (Lipinski definition) is 0. The molecule has 3 aliphatic rings. The van der Waals surface area contributed by atoms with Gasteiger partial charge >= 0.3 is 0 Å². The van der Waals surface area contributed by atoms with E-state index in [4.69, 9.17) is 35.4 Å². The lowest BCUT2D eigenvalue weighted by Gasteiger charge is -2.53. The maximum absolute atomic E-state index is 7.11. The van der Waals surface area contributed by atoms with Crippen molar-refractivity contribution >= 4 is 103 Å². The third-order valence-electron chi connectivity index (χ3n) is 9.57. The second kappa shape index (κ2) is 9.94. The van der Waals surface area contributed by atoms with E-state index >= 15 is 0 Å². The predicted octanol–water partition coefficient (Wildman–Crippen LogP) is 7.27. The minimum absolute atomic E-state index is 0.396. The van der Waals surface area contributed by atoms with Crippen LogP contribution in [0.5, 0.6) is 0 Å². The molecule has 0 radical (unpaired) electrons. The average Bonchev–Trinajstić information content (AvgIpc) is 2.91. The second-order valence-electron chi connectivity index (χ2n) is 13.1. The summed E-state index contributed by atoms with van der Waals surface area (Å²) in [5.41, 5.74) is 8.01. The summed E-state index contributed by atoms with van der Waals surface area (Å²) in [4.78, 5) is 2.62. The molecule has 2 nitrogen and oxygen atoms in total. The summed E-state index contributed by atoms with van der Waals surface area (Å²) in [7, 11) is 0. The highest BCUT2D eigenvalue weighted by atomic mass is 32.4. The number of anilines is 3. The Morgan fingerprint density at radius 2 is 0.829 bits per heavy atom. The highest BCUT2D eigenvalue weighted by Gasteiger charge is 2.51. The van der Waals surface area contributed by atoms with Crippen LogP contribution in [0.25, 0.3) is 0 Å². The molecule has 3 aromatic carbocycles. The molecule has 0 aliphatic carbocycles. The highest BCUT2D eigenvalue weighted by Crippen LogP contribution is 2.66. The zero-order valence-corrected chi connectivity index (χ0v) is 31.2. The fourth-order valence-electron chi connectivity index (χ4n) is 6.98. The van der Waals surface area contributed by atoms with Crippen LogP contribution in [0.1, 0.15) is 89.8 Å². The van der Waals surface area contributed by atoms with Crippen LogP contribution in [0.15, 0.2) is 36.4 Å². The van der Waals surface area contributed by atoms with Crippen LogP contribution in [0.3, 0.4) is 0 Å². The molecule has 218 valence electrons. The van der Waals surface area contributed by atoms with Gasteiger partial charge in [-0.05, 0) is 84.2 Å². The van der Waals surface area contributed by atoms with Gasteiger partial charge in [0.2, 0.25) is 0 Å². The van der Waals surface area contributed by atoms with Crippen molar-refractivity contribution < 1.29 is 0 Å². The molecular weight excluding hydrogens is 614 g/mol. The van der Waals surface area contributed by atoms with Gasteiger partial charge in [-0.15, -0.1) is 0 Å². The molecule has 0 amide bonds. The molecule has 0 saturated heterocycles. The van der Waals surface area contributed by atoms with Crippen molar-refractivity contribution in [1.29, 1.82) is 0 Å². The van der Waals surface area contributed by atoms with Gasteiger partial charge in [-0.25, -0.2) is 0 Å². The first-order valence-corrected chi connectivity index (χ1v) is 24.2. The predicted molar refractivity (Wildman–Crippen MR) is 199 cm³/mol. The number of hydrogen-bond acceptors (Lipinski definition) is 4. The molecule has 0 spiro atoms. The Labute approximate surface area is 263 Å².